The number of fused-ring (bicyclic) bond motifs is 2. The number of Topliss-reactive ketones (excluding diaryl/α,β-unsaturated/α-hetero) is 1. The Bertz CT molecular complexity index is 3850. The topological polar surface area (TPSA) is 498 Å². The van der Waals surface area contributed by atoms with Gasteiger partial charge in [0.25, 0.3) is 0 Å². The minimum absolute atomic E-state index is 0.0217. The molecule has 5 aromatic rings. The maximum absolute atomic E-state index is 15.0. The van der Waals surface area contributed by atoms with Crippen LogP contribution < -0.4 is 64.2 Å². The van der Waals surface area contributed by atoms with Crippen LogP contribution in [0.4, 0.5) is 0 Å². The lowest BCUT2D eigenvalue weighted by molar-refractivity contribution is -0.140. The molecule has 103 heavy (non-hydrogen) atoms. The number of aromatic nitrogens is 4. The van der Waals surface area contributed by atoms with Crippen LogP contribution in [0.1, 0.15) is 118 Å². The van der Waals surface area contributed by atoms with Crippen LogP contribution in [0.2, 0.25) is 0 Å². The zero-order valence-electron chi connectivity index (χ0n) is 59.2. The Balaban J connectivity index is 1.41. The molecule has 32 nitrogen and oxygen atoms in total. The number of carboxylic acid groups (broad SMARTS) is 2. The van der Waals surface area contributed by atoms with E-state index in [0.717, 1.165) is 21.6 Å². The molecule has 2 aromatic carbocycles. The molecule has 34 heteroatoms. The summed E-state index contributed by atoms with van der Waals surface area (Å²) in [6.45, 7) is 15.6. The van der Waals surface area contributed by atoms with Crippen molar-refractivity contribution in [2.24, 2.45) is 28.9 Å². The summed E-state index contributed by atoms with van der Waals surface area (Å²) in [5.41, 5.74) is 7.71. The van der Waals surface area contributed by atoms with Gasteiger partial charge in [0.15, 0.2) is 5.78 Å². The van der Waals surface area contributed by atoms with Crippen LogP contribution in [0.5, 0.6) is 0 Å². The Kier molecular flexibility index (Phi) is 30.7. The molecule has 0 spiro atoms. The van der Waals surface area contributed by atoms with Crippen molar-refractivity contribution in [1.82, 2.24) is 78.4 Å². The third kappa shape index (κ3) is 25.3. The minimum Gasteiger partial charge on any atom is -0.481 e. The van der Waals surface area contributed by atoms with Crippen LogP contribution in [-0.2, 0) is 86.4 Å². The summed E-state index contributed by atoms with van der Waals surface area (Å²) in [5.74, 6) is -15.2. The zero-order chi connectivity index (χ0) is 76.0. The number of amides is 11. The van der Waals surface area contributed by atoms with Crippen LogP contribution in [-0.4, -0.2) is 197 Å². The highest BCUT2D eigenvalue weighted by Gasteiger charge is 2.39. The number of nitrogens with two attached hydrogens (primary N) is 1. The summed E-state index contributed by atoms with van der Waals surface area (Å²) >= 11 is 0. The van der Waals surface area contributed by atoms with Gasteiger partial charge in [-0.05, 0) is 67.2 Å². The first-order chi connectivity index (χ1) is 48.6. The Hall–Kier alpha value is -9.83. The van der Waals surface area contributed by atoms with E-state index in [0.29, 0.717) is 38.6 Å². The molecular weight excluding hydrogens is 1370 g/mol. The molecule has 1 aliphatic rings. The van der Waals surface area contributed by atoms with Crippen LogP contribution in [0.15, 0.2) is 73.4 Å². The number of nitrogens with zero attached hydrogens (tertiary/aromatic N) is 1. The maximum Gasteiger partial charge on any atom is 0.305 e. The van der Waals surface area contributed by atoms with Gasteiger partial charge in [-0.2, -0.15) is 0 Å². The standard InChI is InChI=1S/C69H96N16O16S2/c1-34(2)21-47-61(94)74-30-54(86)77-46(19-20-55(87)88)62(95)80-48(22-35(3)4)66(99)85-57(36(5)6)68(101)82-50(24-39-28-73-45-18-14-12-16-42(39)45)64(97)83-52(58(91)69(8,9)10)31-102-103-32-53(84-60(93)43(70)26-56(89)90)67(100)76-37(7)59(92)78-49(23-38-27-72-44-17-13-11-15-41(38)44)63(96)81-51(65(98)79-47)25-40-29-71-33-75-40/h11-18,27-29,33-37,43,46-53,57,72-73H,19-26,30-32,70H2,1-10H3,(H,71,75)(H,74,94)(H,76,100)(H,77,86)(H,78,92)(H,79,98)(H,80,95)(H,81,96)(H,82,101)(H,83,97)(H,84,93)(H,85,99)(H,87,88)(H,89,90)/t37-,43-,46-,47-,48-,49-,50-,51-,52-,53-,57-/m0/s1. The van der Waals surface area contributed by atoms with Gasteiger partial charge in [0.1, 0.15) is 54.4 Å². The monoisotopic (exact) mass is 1470 g/mol. The molecule has 0 radical (unpaired) electrons. The Labute approximate surface area is 603 Å². The van der Waals surface area contributed by atoms with E-state index in [1.165, 1.54) is 19.4 Å². The number of hydrogen-bond donors (Lipinski definition) is 17. The second kappa shape index (κ2) is 38.4. The smallest absolute Gasteiger partial charge is 0.305 e. The van der Waals surface area contributed by atoms with Gasteiger partial charge in [0.05, 0.1) is 31.4 Å². The van der Waals surface area contributed by atoms with Crippen LogP contribution >= 0.6 is 21.6 Å². The number of carboxylic acids is 2. The SMILES string of the molecule is CC(C)C[C@@H]1NC(=O)[C@H](Cc2cnc[nH]2)NC(=O)[C@H](Cc2c[nH]c3ccccc23)NC(=O)[C@H](C)NC(=O)[C@@H](NC(=O)[C@@H](N)CC(=O)O)CSSC[C@@H](C(=O)C(C)(C)C)NC(=O)[C@H](Cc2c[nH]c3ccccc23)NC(=O)[C@H](C(C)C)NC(=O)[C@H](CC(C)C)NC(=O)[C@H](CCC(=O)O)NC(=O)CNC1=O. The molecule has 11 amide bonds. The van der Waals surface area contributed by atoms with Crippen LogP contribution in [0.25, 0.3) is 21.8 Å². The quantitative estimate of drug-likeness (QED) is 0.0509. The van der Waals surface area contributed by atoms with Crippen molar-refractivity contribution in [3.63, 3.8) is 0 Å². The highest BCUT2D eigenvalue weighted by molar-refractivity contribution is 8.76. The molecular formula is C69H96N16O16S2. The van der Waals surface area contributed by atoms with Gasteiger partial charge in [0.2, 0.25) is 65.0 Å². The summed E-state index contributed by atoms with van der Waals surface area (Å²) < 4.78 is 0. The maximum atomic E-state index is 15.0. The average Bonchev–Trinajstić information content (AvgIpc) is 1.74. The molecule has 0 bridgehead atoms. The van der Waals surface area contributed by atoms with Gasteiger partial charge in [-0.15, -0.1) is 0 Å². The molecule has 11 atom stereocenters. The molecule has 3 aromatic heterocycles. The number of ketones is 1. The second-order valence-corrected chi connectivity index (χ2v) is 30.3. The lowest BCUT2D eigenvalue weighted by atomic mass is 9.87. The Morgan fingerprint density at radius 1 is 0.573 bits per heavy atom. The number of aliphatic carboxylic acids is 2. The third-order valence-corrected chi connectivity index (χ3v) is 19.2. The van der Waals surface area contributed by atoms with E-state index in [-0.39, 0.29) is 55.4 Å². The number of H-pyrrole nitrogens is 3. The van der Waals surface area contributed by atoms with Gasteiger partial charge in [-0.25, -0.2) is 4.98 Å². The first-order valence-corrected chi connectivity index (χ1v) is 36.4. The minimum atomic E-state index is -1.65. The normalized spacial score (nSPS) is 23.3. The zero-order valence-corrected chi connectivity index (χ0v) is 60.9. The third-order valence-electron chi connectivity index (χ3n) is 16.8. The summed E-state index contributed by atoms with van der Waals surface area (Å²) in [5, 5.41) is 49.6. The van der Waals surface area contributed by atoms with Gasteiger partial charge in [-0.1, -0.05) is 120 Å². The number of para-hydroxylation sites is 2. The number of nitrogens with one attached hydrogen (secondary N) is 14. The predicted octanol–water partition coefficient (Wildman–Crippen LogP) is 0.809. The average molecular weight is 1470 g/mol. The fraction of sp³-hybridized carbons (Fsp3) is 0.522. The molecule has 4 heterocycles. The molecule has 0 unspecified atom stereocenters. The molecule has 1 saturated heterocycles. The fourth-order valence-corrected chi connectivity index (χ4v) is 13.6. The Morgan fingerprint density at radius 2 is 1.07 bits per heavy atom. The number of imidazole rings is 1. The number of hydrogen-bond acceptors (Lipinski definition) is 18. The van der Waals surface area contributed by atoms with Crippen molar-refractivity contribution < 1.29 is 77.3 Å². The molecule has 1 aliphatic heterocycles. The first kappa shape index (κ1) is 82.1. The highest BCUT2D eigenvalue weighted by atomic mass is 33.1. The number of carbonyl (C=O) groups is 14. The van der Waals surface area contributed by atoms with E-state index < -0.39 is 186 Å². The van der Waals surface area contributed by atoms with Crippen molar-refractivity contribution in [2.75, 3.05) is 18.1 Å². The van der Waals surface area contributed by atoms with Gasteiger partial charge < -0.3 is 89.4 Å². The summed E-state index contributed by atoms with van der Waals surface area (Å²) in [7, 11) is 1.94. The molecule has 18 N–H and O–H groups in total. The summed E-state index contributed by atoms with van der Waals surface area (Å²) in [6, 6.07) is -1.99. The fourth-order valence-electron chi connectivity index (χ4n) is 11.3. The van der Waals surface area contributed by atoms with E-state index in [9.17, 15) is 77.3 Å². The van der Waals surface area contributed by atoms with Crippen LogP contribution in [0, 0.1) is 23.2 Å². The van der Waals surface area contributed by atoms with Crippen molar-refractivity contribution in [3.05, 3.63) is 90.3 Å². The van der Waals surface area contributed by atoms with E-state index in [4.69, 9.17) is 5.73 Å². The van der Waals surface area contributed by atoms with Crippen molar-refractivity contribution in [2.45, 2.75) is 187 Å². The van der Waals surface area contributed by atoms with Gasteiger partial charge in [0, 0.05) is 88.7 Å². The van der Waals surface area contributed by atoms with Gasteiger partial charge in [-0.3, -0.25) is 67.1 Å². The largest absolute Gasteiger partial charge is 0.481 e. The van der Waals surface area contributed by atoms with E-state index in [1.807, 2.05) is 0 Å². The van der Waals surface area contributed by atoms with Crippen LogP contribution in [0.3, 0.4) is 0 Å². The summed E-state index contributed by atoms with van der Waals surface area (Å²) in [6.07, 6.45) is 3.37. The lowest BCUT2D eigenvalue weighted by Crippen LogP contribution is -2.61. The van der Waals surface area contributed by atoms with Crippen molar-refractivity contribution >= 4 is 126 Å². The van der Waals surface area contributed by atoms with E-state index >= 15 is 0 Å². The molecule has 6 rings (SSSR count). The predicted molar refractivity (Wildman–Crippen MR) is 385 cm³/mol. The first-order valence-electron chi connectivity index (χ1n) is 33.9. The number of carbonyl (C=O) groups excluding carboxylic acids is 12. The van der Waals surface area contributed by atoms with E-state index in [2.05, 4.69) is 78.4 Å². The van der Waals surface area contributed by atoms with Crippen molar-refractivity contribution in [1.29, 1.82) is 0 Å². The Morgan fingerprint density at radius 3 is 1.59 bits per heavy atom. The van der Waals surface area contributed by atoms with Gasteiger partial charge >= 0.3 is 11.9 Å². The van der Waals surface area contributed by atoms with E-state index in [1.54, 1.807) is 123 Å². The lowest BCUT2D eigenvalue weighted by Gasteiger charge is -2.30. The highest BCUT2D eigenvalue weighted by Crippen LogP contribution is 2.28. The number of aromatic amines is 3. The summed E-state index contributed by atoms with van der Waals surface area (Å²) in [4.78, 5) is 210. The molecule has 0 aliphatic carbocycles. The molecule has 560 valence electrons. The van der Waals surface area contributed by atoms with Crippen molar-refractivity contribution in [3.8, 4) is 0 Å². The molecule has 1 fully saturated rings. The molecule has 0 saturated carbocycles. The second-order valence-electron chi connectivity index (χ2n) is 27.7. The number of rotatable bonds is 19. The number of benzene rings is 2.